The molecule has 21 heavy (non-hydrogen) atoms. The van der Waals surface area contributed by atoms with Gasteiger partial charge in [0.2, 0.25) is 0 Å². The fraction of sp³-hybridized carbons (Fsp3) is 0.0714. The van der Waals surface area contributed by atoms with Gasteiger partial charge >= 0.3 is 11.8 Å². The molecule has 0 fully saturated rings. The van der Waals surface area contributed by atoms with Crippen LogP contribution in [0.25, 0.3) is 0 Å². The van der Waals surface area contributed by atoms with Crippen LogP contribution < -0.4 is 10.7 Å². The first kappa shape index (κ1) is 15.4. The molecule has 5 nitrogen and oxygen atoms in total. The highest BCUT2D eigenvalue weighted by atomic mass is 79.9. The molecule has 0 unspecified atom stereocenters. The van der Waals surface area contributed by atoms with Gasteiger partial charge in [0.15, 0.2) is 0 Å². The highest BCUT2D eigenvalue weighted by Crippen LogP contribution is 2.14. The van der Waals surface area contributed by atoms with Gasteiger partial charge in [0.25, 0.3) is 0 Å². The van der Waals surface area contributed by atoms with E-state index in [4.69, 9.17) is 0 Å². The number of hydrogen-bond donors (Lipinski definition) is 2. The van der Waals surface area contributed by atoms with E-state index < -0.39 is 11.8 Å². The lowest BCUT2D eigenvalue weighted by atomic mass is 10.3. The third kappa shape index (κ3) is 4.51. The normalized spacial score (nSPS) is 11.0. The van der Waals surface area contributed by atoms with Gasteiger partial charge < -0.3 is 5.32 Å². The second-order valence-electron chi connectivity index (χ2n) is 4.08. The average Bonchev–Trinajstić information content (AvgIpc) is 3.01. The summed E-state index contributed by atoms with van der Waals surface area (Å²) in [6.07, 6.45) is 0. The van der Waals surface area contributed by atoms with E-state index in [2.05, 4.69) is 31.8 Å². The van der Waals surface area contributed by atoms with Gasteiger partial charge in [-0.2, -0.15) is 5.10 Å². The Labute approximate surface area is 134 Å². The zero-order valence-corrected chi connectivity index (χ0v) is 13.5. The molecule has 1 aromatic carbocycles. The summed E-state index contributed by atoms with van der Waals surface area (Å²) in [5, 5.41) is 8.30. The van der Waals surface area contributed by atoms with Crippen LogP contribution in [0.15, 0.2) is 51.4 Å². The first-order chi connectivity index (χ1) is 10.1. The third-order valence-electron chi connectivity index (χ3n) is 2.51. The summed E-state index contributed by atoms with van der Waals surface area (Å²) in [5.41, 5.74) is 3.42. The number of thiophene rings is 1. The lowest BCUT2D eigenvalue weighted by molar-refractivity contribution is -0.136. The van der Waals surface area contributed by atoms with Gasteiger partial charge in [0.05, 0.1) is 5.71 Å². The molecule has 0 aliphatic carbocycles. The van der Waals surface area contributed by atoms with Crippen LogP contribution in [0.2, 0.25) is 0 Å². The minimum absolute atomic E-state index is 0.539. The Morgan fingerprint density at radius 2 is 1.86 bits per heavy atom. The maximum atomic E-state index is 11.7. The fourth-order valence-electron chi connectivity index (χ4n) is 1.45. The predicted molar refractivity (Wildman–Crippen MR) is 87.4 cm³/mol. The van der Waals surface area contributed by atoms with E-state index in [1.54, 1.807) is 31.2 Å². The summed E-state index contributed by atoms with van der Waals surface area (Å²) in [6, 6.07) is 10.7. The van der Waals surface area contributed by atoms with Crippen molar-refractivity contribution in [2.45, 2.75) is 6.92 Å². The van der Waals surface area contributed by atoms with Crippen LogP contribution in [0.4, 0.5) is 5.69 Å². The second-order valence-corrected chi connectivity index (χ2v) is 5.94. The second kappa shape index (κ2) is 7.14. The number of nitrogens with zero attached hydrogens (tertiary/aromatic N) is 1. The maximum absolute atomic E-state index is 11.7. The number of hydrazone groups is 1. The summed E-state index contributed by atoms with van der Waals surface area (Å²) < 4.78 is 0.890. The molecule has 108 valence electrons. The molecule has 0 saturated carbocycles. The van der Waals surface area contributed by atoms with Crippen molar-refractivity contribution in [3.63, 3.8) is 0 Å². The summed E-state index contributed by atoms with van der Waals surface area (Å²) in [6.45, 7) is 1.76. The lowest BCUT2D eigenvalue weighted by Crippen LogP contribution is -2.32. The van der Waals surface area contributed by atoms with Gasteiger partial charge in [0, 0.05) is 15.0 Å². The largest absolute Gasteiger partial charge is 0.329 e. The zero-order chi connectivity index (χ0) is 15.2. The Bertz CT molecular complexity index is 666. The molecular weight excluding hydrogens is 354 g/mol. The van der Waals surface area contributed by atoms with E-state index >= 15 is 0 Å². The van der Waals surface area contributed by atoms with Gasteiger partial charge in [-0.1, -0.05) is 22.0 Å². The van der Waals surface area contributed by atoms with Crippen molar-refractivity contribution in [2.24, 2.45) is 5.10 Å². The quantitative estimate of drug-likeness (QED) is 0.498. The molecule has 0 radical (unpaired) electrons. The summed E-state index contributed by atoms with van der Waals surface area (Å²) in [7, 11) is 0. The van der Waals surface area contributed by atoms with E-state index in [1.807, 2.05) is 17.5 Å². The molecule has 0 atom stereocenters. The van der Waals surface area contributed by atoms with Gasteiger partial charge in [-0.25, -0.2) is 5.43 Å². The standard InChI is InChI=1S/C14H12BrN3O2S/c1-9(12-3-2-8-21-12)17-18-14(20)13(19)16-11-6-4-10(15)5-7-11/h2-8H,1H3,(H,16,19)(H,18,20)/b17-9+. The molecule has 1 heterocycles. The number of carbonyl (C=O) groups is 2. The van der Waals surface area contributed by atoms with E-state index in [0.717, 1.165) is 9.35 Å². The van der Waals surface area contributed by atoms with Gasteiger partial charge in [0.1, 0.15) is 0 Å². The van der Waals surface area contributed by atoms with Gasteiger partial charge in [-0.3, -0.25) is 9.59 Å². The van der Waals surface area contributed by atoms with Crippen molar-refractivity contribution in [3.8, 4) is 0 Å². The van der Waals surface area contributed by atoms with Crippen molar-refractivity contribution in [3.05, 3.63) is 51.1 Å². The van der Waals surface area contributed by atoms with E-state index in [0.29, 0.717) is 11.4 Å². The molecular formula is C14H12BrN3O2S. The molecule has 0 aliphatic rings. The Morgan fingerprint density at radius 1 is 1.14 bits per heavy atom. The van der Waals surface area contributed by atoms with Crippen LogP contribution in [0.3, 0.4) is 0 Å². The van der Waals surface area contributed by atoms with Crippen LogP contribution in [0, 0.1) is 0 Å². The zero-order valence-electron chi connectivity index (χ0n) is 11.1. The predicted octanol–water partition coefficient (Wildman–Crippen LogP) is 2.99. The van der Waals surface area contributed by atoms with E-state index in [1.165, 1.54) is 11.3 Å². The molecule has 0 saturated heterocycles. The van der Waals surface area contributed by atoms with Crippen LogP contribution >= 0.6 is 27.3 Å². The lowest BCUT2D eigenvalue weighted by Gasteiger charge is -2.04. The minimum Gasteiger partial charge on any atom is -0.318 e. The van der Waals surface area contributed by atoms with Gasteiger partial charge in [-0.15, -0.1) is 11.3 Å². The molecule has 0 aliphatic heterocycles. The van der Waals surface area contributed by atoms with Crippen molar-refractivity contribution >= 4 is 50.5 Å². The summed E-state index contributed by atoms with van der Waals surface area (Å²) >= 11 is 4.80. The molecule has 2 amide bonds. The monoisotopic (exact) mass is 365 g/mol. The van der Waals surface area contributed by atoms with E-state index in [-0.39, 0.29) is 0 Å². The molecule has 0 spiro atoms. The molecule has 2 aromatic rings. The van der Waals surface area contributed by atoms with Crippen LogP contribution in [-0.2, 0) is 9.59 Å². The highest BCUT2D eigenvalue weighted by Gasteiger charge is 2.13. The Balaban J connectivity index is 1.92. The summed E-state index contributed by atoms with van der Waals surface area (Å²) in [4.78, 5) is 24.3. The van der Waals surface area contributed by atoms with Gasteiger partial charge in [-0.05, 0) is 42.6 Å². The highest BCUT2D eigenvalue weighted by molar-refractivity contribution is 9.10. The maximum Gasteiger partial charge on any atom is 0.329 e. The number of rotatable bonds is 3. The average molecular weight is 366 g/mol. The third-order valence-corrected chi connectivity index (χ3v) is 4.02. The number of carbonyl (C=O) groups excluding carboxylic acids is 2. The smallest absolute Gasteiger partial charge is 0.318 e. The Kier molecular flexibility index (Phi) is 5.24. The first-order valence-electron chi connectivity index (χ1n) is 6.01. The molecule has 7 heteroatoms. The Hall–Kier alpha value is -1.99. The molecule has 0 bridgehead atoms. The number of halogens is 1. The Morgan fingerprint density at radius 3 is 2.48 bits per heavy atom. The van der Waals surface area contributed by atoms with E-state index in [9.17, 15) is 9.59 Å². The minimum atomic E-state index is -0.811. The number of hydrogen-bond acceptors (Lipinski definition) is 4. The topological polar surface area (TPSA) is 70.6 Å². The van der Waals surface area contributed by atoms with Crippen molar-refractivity contribution in [1.82, 2.24) is 5.43 Å². The molecule has 2 N–H and O–H groups in total. The van der Waals surface area contributed by atoms with Crippen molar-refractivity contribution in [2.75, 3.05) is 5.32 Å². The summed E-state index contributed by atoms with van der Waals surface area (Å²) in [5.74, 6) is -1.58. The van der Waals surface area contributed by atoms with Crippen LogP contribution in [0.1, 0.15) is 11.8 Å². The van der Waals surface area contributed by atoms with Crippen LogP contribution in [0.5, 0.6) is 0 Å². The SMILES string of the molecule is C/C(=N\NC(=O)C(=O)Nc1ccc(Br)cc1)c1cccs1. The number of nitrogens with one attached hydrogen (secondary N) is 2. The number of benzene rings is 1. The van der Waals surface area contributed by atoms with Crippen molar-refractivity contribution < 1.29 is 9.59 Å². The molecule has 1 aromatic heterocycles. The number of amides is 2. The number of anilines is 1. The molecule has 2 rings (SSSR count). The van der Waals surface area contributed by atoms with Crippen LogP contribution in [-0.4, -0.2) is 17.5 Å². The fourth-order valence-corrected chi connectivity index (χ4v) is 2.39. The van der Waals surface area contributed by atoms with Crippen molar-refractivity contribution in [1.29, 1.82) is 0 Å². The first-order valence-corrected chi connectivity index (χ1v) is 7.68.